The summed E-state index contributed by atoms with van der Waals surface area (Å²) in [6, 6.07) is 0. The Morgan fingerprint density at radius 1 is 1.62 bits per heavy atom. The fraction of sp³-hybridized carbons (Fsp3) is 0.583. The van der Waals surface area contributed by atoms with Crippen LogP contribution in [-0.4, -0.2) is 16.3 Å². The van der Waals surface area contributed by atoms with Crippen LogP contribution in [0.1, 0.15) is 25.2 Å². The Kier molecular flexibility index (Phi) is 4.33. The van der Waals surface area contributed by atoms with E-state index in [9.17, 15) is 0 Å². The van der Waals surface area contributed by atoms with Gasteiger partial charge in [-0.3, -0.25) is 4.68 Å². The zero-order valence-electron chi connectivity index (χ0n) is 10.3. The van der Waals surface area contributed by atoms with E-state index in [0.717, 1.165) is 23.1 Å². The number of nitrogens with two attached hydrogens (primary N) is 1. The maximum atomic E-state index is 5.80. The van der Waals surface area contributed by atoms with Gasteiger partial charge in [0, 0.05) is 24.9 Å². The number of aromatic nitrogens is 2. The van der Waals surface area contributed by atoms with Crippen molar-refractivity contribution < 1.29 is 0 Å². The quantitative estimate of drug-likeness (QED) is 0.846. The molecule has 0 aromatic carbocycles. The second kappa shape index (κ2) is 5.15. The number of rotatable bonds is 5. The molecule has 2 N–H and O–H groups in total. The lowest BCUT2D eigenvalue weighted by Crippen LogP contribution is -2.28. The minimum Gasteiger partial charge on any atom is -0.330 e. The van der Waals surface area contributed by atoms with E-state index in [-0.39, 0.29) is 5.41 Å². The molecule has 0 aliphatic heterocycles. The lowest BCUT2D eigenvalue weighted by atomic mass is 9.85. The van der Waals surface area contributed by atoms with Gasteiger partial charge < -0.3 is 5.73 Å². The molecule has 4 heteroatoms. The van der Waals surface area contributed by atoms with E-state index < -0.39 is 0 Å². The van der Waals surface area contributed by atoms with Crippen LogP contribution in [-0.2, 0) is 13.0 Å². The van der Waals surface area contributed by atoms with Crippen molar-refractivity contribution in [3.05, 3.63) is 28.5 Å². The van der Waals surface area contributed by atoms with Gasteiger partial charge in [-0.25, -0.2) is 0 Å². The molecule has 90 valence electrons. The highest BCUT2D eigenvalue weighted by atomic mass is 79.9. The van der Waals surface area contributed by atoms with Crippen LogP contribution in [0.15, 0.2) is 17.1 Å². The third kappa shape index (κ3) is 2.55. The van der Waals surface area contributed by atoms with Gasteiger partial charge in [0.15, 0.2) is 0 Å². The molecule has 1 aromatic rings. The predicted octanol–water partition coefficient (Wildman–Crippen LogP) is 2.67. The van der Waals surface area contributed by atoms with Crippen LogP contribution in [0.3, 0.4) is 0 Å². The minimum absolute atomic E-state index is 0.0675. The molecule has 0 aliphatic rings. The van der Waals surface area contributed by atoms with Crippen molar-refractivity contribution in [2.45, 2.75) is 33.7 Å². The highest BCUT2D eigenvalue weighted by molar-refractivity contribution is 9.10. The normalized spacial score (nSPS) is 14.8. The van der Waals surface area contributed by atoms with Gasteiger partial charge in [0.1, 0.15) is 0 Å². The van der Waals surface area contributed by atoms with Crippen molar-refractivity contribution in [2.75, 3.05) is 6.54 Å². The number of hydrogen-bond donors (Lipinski definition) is 1. The van der Waals surface area contributed by atoms with E-state index in [1.165, 1.54) is 5.69 Å². The predicted molar refractivity (Wildman–Crippen MR) is 71.4 cm³/mol. The summed E-state index contributed by atoms with van der Waals surface area (Å²) in [6.07, 6.45) is 2.80. The summed E-state index contributed by atoms with van der Waals surface area (Å²) < 4.78 is 3.12. The number of aryl methyl sites for hydroxylation is 2. The van der Waals surface area contributed by atoms with E-state index >= 15 is 0 Å². The number of nitrogens with zero attached hydrogens (tertiary/aromatic N) is 2. The third-order valence-corrected chi connectivity index (χ3v) is 4.01. The van der Waals surface area contributed by atoms with Gasteiger partial charge in [-0.15, -0.1) is 6.58 Å². The molecule has 1 atom stereocenters. The highest BCUT2D eigenvalue weighted by Gasteiger charge is 2.23. The summed E-state index contributed by atoms with van der Waals surface area (Å²) in [5.74, 6) is 0. The molecular weight excluding hydrogens is 266 g/mol. The van der Waals surface area contributed by atoms with E-state index in [1.807, 2.05) is 17.7 Å². The average Bonchev–Trinajstić information content (AvgIpc) is 2.56. The van der Waals surface area contributed by atoms with E-state index in [2.05, 4.69) is 41.5 Å². The zero-order chi connectivity index (χ0) is 12.3. The van der Waals surface area contributed by atoms with Crippen LogP contribution in [0.5, 0.6) is 0 Å². The second-order valence-corrected chi connectivity index (χ2v) is 5.19. The minimum atomic E-state index is -0.0675. The van der Waals surface area contributed by atoms with Crippen molar-refractivity contribution in [2.24, 2.45) is 11.1 Å². The van der Waals surface area contributed by atoms with Crippen molar-refractivity contribution in [3.63, 3.8) is 0 Å². The standard InChI is InChI=1S/C12H20BrN3/c1-5-12(4,8-14)7-10-11(13)9(3)15-16(10)6-2/h5H,1,6-8,14H2,2-4H3. The van der Waals surface area contributed by atoms with Gasteiger partial charge in [0.2, 0.25) is 0 Å². The summed E-state index contributed by atoms with van der Waals surface area (Å²) in [5.41, 5.74) is 7.96. The van der Waals surface area contributed by atoms with Crippen LogP contribution in [0.4, 0.5) is 0 Å². The molecule has 1 aromatic heterocycles. The SMILES string of the molecule is C=CC(C)(CN)Cc1c(Br)c(C)nn1CC. The first kappa shape index (κ1) is 13.5. The maximum absolute atomic E-state index is 5.80. The number of halogens is 1. The Hall–Kier alpha value is -0.610. The first-order valence-electron chi connectivity index (χ1n) is 5.53. The first-order chi connectivity index (χ1) is 7.47. The number of hydrogen-bond acceptors (Lipinski definition) is 2. The fourth-order valence-corrected chi connectivity index (χ4v) is 2.07. The van der Waals surface area contributed by atoms with Gasteiger partial charge in [0.25, 0.3) is 0 Å². The smallest absolute Gasteiger partial charge is 0.0738 e. The second-order valence-electron chi connectivity index (χ2n) is 4.40. The van der Waals surface area contributed by atoms with Gasteiger partial charge in [0.05, 0.1) is 15.9 Å². The Bertz CT molecular complexity index is 384. The third-order valence-electron chi connectivity index (χ3n) is 2.98. The van der Waals surface area contributed by atoms with E-state index in [4.69, 9.17) is 5.73 Å². The van der Waals surface area contributed by atoms with Crippen LogP contribution < -0.4 is 5.73 Å². The lowest BCUT2D eigenvalue weighted by molar-refractivity contribution is 0.418. The molecule has 1 unspecified atom stereocenters. The summed E-state index contributed by atoms with van der Waals surface area (Å²) in [5, 5.41) is 4.48. The van der Waals surface area contributed by atoms with E-state index in [1.54, 1.807) is 0 Å². The Balaban J connectivity index is 3.08. The molecule has 0 aliphatic carbocycles. The monoisotopic (exact) mass is 285 g/mol. The maximum Gasteiger partial charge on any atom is 0.0738 e. The van der Waals surface area contributed by atoms with Gasteiger partial charge in [-0.2, -0.15) is 5.10 Å². The van der Waals surface area contributed by atoms with Crippen LogP contribution in [0.2, 0.25) is 0 Å². The first-order valence-corrected chi connectivity index (χ1v) is 6.32. The van der Waals surface area contributed by atoms with Crippen molar-refractivity contribution in [1.29, 1.82) is 0 Å². The molecule has 0 spiro atoms. The summed E-state index contributed by atoms with van der Waals surface area (Å²) in [7, 11) is 0. The van der Waals surface area contributed by atoms with Crippen LogP contribution in [0, 0.1) is 12.3 Å². The molecule has 1 heterocycles. The van der Waals surface area contributed by atoms with Crippen LogP contribution >= 0.6 is 15.9 Å². The Morgan fingerprint density at radius 3 is 2.69 bits per heavy atom. The molecule has 0 amide bonds. The molecule has 0 bridgehead atoms. The zero-order valence-corrected chi connectivity index (χ0v) is 11.8. The van der Waals surface area contributed by atoms with Crippen LogP contribution in [0.25, 0.3) is 0 Å². The van der Waals surface area contributed by atoms with Crippen molar-refractivity contribution in [1.82, 2.24) is 9.78 Å². The lowest BCUT2D eigenvalue weighted by Gasteiger charge is -2.24. The molecule has 0 fully saturated rings. The summed E-state index contributed by atoms with van der Waals surface area (Å²) >= 11 is 3.59. The molecule has 3 nitrogen and oxygen atoms in total. The fourth-order valence-electron chi connectivity index (χ4n) is 1.65. The average molecular weight is 286 g/mol. The molecule has 0 saturated carbocycles. The molecule has 16 heavy (non-hydrogen) atoms. The topological polar surface area (TPSA) is 43.8 Å². The van der Waals surface area contributed by atoms with Gasteiger partial charge >= 0.3 is 0 Å². The molecule has 0 radical (unpaired) electrons. The largest absolute Gasteiger partial charge is 0.330 e. The Morgan fingerprint density at radius 2 is 2.25 bits per heavy atom. The summed E-state index contributed by atoms with van der Waals surface area (Å²) in [6.45, 7) is 11.6. The summed E-state index contributed by atoms with van der Waals surface area (Å²) in [4.78, 5) is 0. The highest BCUT2D eigenvalue weighted by Crippen LogP contribution is 2.29. The molecule has 1 rings (SSSR count). The molecular formula is C12H20BrN3. The van der Waals surface area contributed by atoms with Crippen molar-refractivity contribution >= 4 is 15.9 Å². The van der Waals surface area contributed by atoms with Gasteiger partial charge in [-0.05, 0) is 29.8 Å². The van der Waals surface area contributed by atoms with Gasteiger partial charge in [-0.1, -0.05) is 13.0 Å². The van der Waals surface area contributed by atoms with Crippen molar-refractivity contribution in [3.8, 4) is 0 Å². The molecule has 0 saturated heterocycles. The Labute approximate surface area is 106 Å². The van der Waals surface area contributed by atoms with E-state index in [0.29, 0.717) is 6.54 Å².